The maximum Gasteiger partial charge on any atom is 0.253 e. The first-order valence-corrected chi connectivity index (χ1v) is 12.8. The minimum absolute atomic E-state index is 0.0355. The van der Waals surface area contributed by atoms with Gasteiger partial charge in [-0.25, -0.2) is 8.42 Å². The fraction of sp³-hybridized carbons (Fsp3) is 0.417. The molecule has 1 N–H and O–H groups in total. The first-order valence-electron chi connectivity index (χ1n) is 11.0. The van der Waals surface area contributed by atoms with Crippen molar-refractivity contribution < 1.29 is 18.0 Å². The second-order valence-corrected chi connectivity index (χ2v) is 10.6. The average molecular weight is 456 g/mol. The lowest BCUT2D eigenvalue weighted by atomic mass is 9.95. The van der Waals surface area contributed by atoms with Gasteiger partial charge in [0.05, 0.1) is 11.9 Å². The number of carbonyl (C=O) groups excluding carboxylic acids is 2. The Balaban J connectivity index is 1.35. The summed E-state index contributed by atoms with van der Waals surface area (Å²) in [5, 5.41) is 3.00. The molecule has 2 heterocycles. The second-order valence-electron chi connectivity index (χ2n) is 8.73. The van der Waals surface area contributed by atoms with Crippen molar-refractivity contribution in [3.8, 4) is 0 Å². The van der Waals surface area contributed by atoms with Crippen molar-refractivity contribution in [2.24, 2.45) is 5.92 Å². The monoisotopic (exact) mass is 455 g/mol. The van der Waals surface area contributed by atoms with E-state index in [1.807, 2.05) is 43.3 Å². The number of carbonyl (C=O) groups is 2. The molecule has 2 aromatic rings. The molecule has 4 rings (SSSR count). The van der Waals surface area contributed by atoms with Gasteiger partial charge in [0.2, 0.25) is 15.9 Å². The predicted octanol–water partition coefficient (Wildman–Crippen LogP) is 2.57. The van der Waals surface area contributed by atoms with E-state index in [1.54, 1.807) is 17.0 Å². The van der Waals surface area contributed by atoms with E-state index in [-0.39, 0.29) is 23.8 Å². The molecule has 7 nitrogen and oxygen atoms in total. The number of nitrogens with zero attached hydrogens (tertiary/aromatic N) is 2. The summed E-state index contributed by atoms with van der Waals surface area (Å²) in [5.41, 5.74) is 3.17. The molecule has 2 amide bonds. The summed E-state index contributed by atoms with van der Waals surface area (Å²) in [5.74, 6) is -0.123. The topological polar surface area (TPSA) is 86.8 Å². The molecule has 1 saturated heterocycles. The molecule has 0 aromatic heterocycles. The largest absolute Gasteiger partial charge is 0.352 e. The van der Waals surface area contributed by atoms with Crippen molar-refractivity contribution in [1.82, 2.24) is 10.2 Å². The van der Waals surface area contributed by atoms with Crippen LogP contribution in [0.4, 0.5) is 5.69 Å². The van der Waals surface area contributed by atoms with E-state index >= 15 is 0 Å². The molecule has 2 aliphatic heterocycles. The molecule has 2 aliphatic rings. The summed E-state index contributed by atoms with van der Waals surface area (Å²) in [4.78, 5) is 27.3. The number of nitrogens with one attached hydrogen (secondary N) is 1. The first-order chi connectivity index (χ1) is 15.2. The van der Waals surface area contributed by atoms with Gasteiger partial charge in [-0.1, -0.05) is 30.3 Å². The summed E-state index contributed by atoms with van der Waals surface area (Å²) in [6, 6.07) is 14.9. The van der Waals surface area contributed by atoms with Crippen molar-refractivity contribution >= 4 is 27.5 Å². The molecule has 8 heteroatoms. The van der Waals surface area contributed by atoms with Crippen molar-refractivity contribution in [3.63, 3.8) is 0 Å². The maximum absolute atomic E-state index is 13.0. The number of amides is 2. The van der Waals surface area contributed by atoms with Crippen LogP contribution in [0.25, 0.3) is 0 Å². The molecular weight excluding hydrogens is 426 g/mol. The number of anilines is 1. The van der Waals surface area contributed by atoms with Gasteiger partial charge in [0.1, 0.15) is 0 Å². The van der Waals surface area contributed by atoms with Crippen LogP contribution in [0.3, 0.4) is 0 Å². The Morgan fingerprint density at radius 3 is 2.41 bits per heavy atom. The standard InChI is InChI=1S/C24H29N3O4S/c1-17-14-21-15-20(8-9-22(21)27(17)32(2,30)31)24(29)26-12-10-19(11-13-26)23(28)25-16-18-6-4-3-5-7-18/h3-9,15,17,19H,10-14,16H2,1-2H3,(H,25,28). The minimum Gasteiger partial charge on any atom is -0.352 e. The molecule has 1 atom stereocenters. The van der Waals surface area contributed by atoms with Crippen LogP contribution in [0, 0.1) is 5.92 Å². The van der Waals surface area contributed by atoms with E-state index in [0.29, 0.717) is 50.1 Å². The van der Waals surface area contributed by atoms with Crippen LogP contribution in [0.5, 0.6) is 0 Å². The van der Waals surface area contributed by atoms with E-state index < -0.39 is 10.0 Å². The number of piperidine rings is 1. The molecule has 170 valence electrons. The van der Waals surface area contributed by atoms with Crippen molar-refractivity contribution in [2.45, 2.75) is 38.8 Å². The van der Waals surface area contributed by atoms with Crippen LogP contribution in [-0.2, 0) is 27.8 Å². The third-order valence-corrected chi connectivity index (χ3v) is 7.57. The number of hydrogen-bond acceptors (Lipinski definition) is 4. The van der Waals surface area contributed by atoms with E-state index in [2.05, 4.69) is 5.32 Å². The Hall–Kier alpha value is -2.87. The van der Waals surface area contributed by atoms with E-state index in [4.69, 9.17) is 0 Å². The van der Waals surface area contributed by atoms with Crippen molar-refractivity contribution in [1.29, 1.82) is 0 Å². The smallest absolute Gasteiger partial charge is 0.253 e. The van der Waals surface area contributed by atoms with Gasteiger partial charge in [0.25, 0.3) is 5.91 Å². The fourth-order valence-electron chi connectivity index (χ4n) is 4.70. The van der Waals surface area contributed by atoms with Gasteiger partial charge in [-0.3, -0.25) is 13.9 Å². The second kappa shape index (κ2) is 8.94. The molecule has 0 saturated carbocycles. The Bertz CT molecular complexity index is 1110. The van der Waals surface area contributed by atoms with Gasteiger partial charge in [0.15, 0.2) is 0 Å². The molecule has 2 aromatic carbocycles. The number of likely N-dealkylation sites (tertiary alicyclic amines) is 1. The molecule has 0 spiro atoms. The Labute approximate surface area is 189 Å². The number of rotatable bonds is 5. The van der Waals surface area contributed by atoms with Gasteiger partial charge in [0, 0.05) is 37.2 Å². The van der Waals surface area contributed by atoms with Crippen LogP contribution in [0.2, 0.25) is 0 Å². The molecule has 0 radical (unpaired) electrons. The summed E-state index contributed by atoms with van der Waals surface area (Å²) in [7, 11) is -3.36. The average Bonchev–Trinajstić information content (AvgIpc) is 3.13. The molecular formula is C24H29N3O4S. The van der Waals surface area contributed by atoms with Crippen LogP contribution in [0.15, 0.2) is 48.5 Å². The zero-order valence-electron chi connectivity index (χ0n) is 18.5. The predicted molar refractivity (Wildman–Crippen MR) is 124 cm³/mol. The first kappa shape index (κ1) is 22.3. The van der Waals surface area contributed by atoms with Crippen molar-refractivity contribution in [2.75, 3.05) is 23.7 Å². The van der Waals surface area contributed by atoms with Crippen LogP contribution in [-0.4, -0.2) is 50.5 Å². The summed E-state index contributed by atoms with van der Waals surface area (Å²) >= 11 is 0. The molecule has 1 fully saturated rings. The Morgan fingerprint density at radius 1 is 1.06 bits per heavy atom. The third kappa shape index (κ3) is 4.65. The van der Waals surface area contributed by atoms with Gasteiger partial charge in [-0.15, -0.1) is 0 Å². The Kier molecular flexibility index (Phi) is 6.24. The minimum atomic E-state index is -3.36. The number of hydrogen-bond donors (Lipinski definition) is 1. The highest BCUT2D eigenvalue weighted by atomic mass is 32.2. The number of sulfonamides is 1. The zero-order valence-corrected chi connectivity index (χ0v) is 19.3. The van der Waals surface area contributed by atoms with Gasteiger partial charge < -0.3 is 10.2 Å². The van der Waals surface area contributed by atoms with E-state index in [1.165, 1.54) is 10.6 Å². The quantitative estimate of drug-likeness (QED) is 0.751. The molecule has 1 unspecified atom stereocenters. The summed E-state index contributed by atoms with van der Waals surface area (Å²) in [6.07, 6.45) is 3.07. The van der Waals surface area contributed by atoms with Gasteiger partial charge in [-0.2, -0.15) is 0 Å². The lowest BCUT2D eigenvalue weighted by Gasteiger charge is -2.31. The number of fused-ring (bicyclic) bond motifs is 1. The Morgan fingerprint density at radius 2 is 1.75 bits per heavy atom. The van der Waals surface area contributed by atoms with Gasteiger partial charge >= 0.3 is 0 Å². The van der Waals surface area contributed by atoms with Gasteiger partial charge in [-0.05, 0) is 55.5 Å². The van der Waals surface area contributed by atoms with Crippen LogP contribution in [0.1, 0.15) is 41.3 Å². The molecule has 0 bridgehead atoms. The summed E-state index contributed by atoms with van der Waals surface area (Å²) in [6.45, 7) is 3.45. The van der Waals surface area contributed by atoms with E-state index in [0.717, 1.165) is 11.1 Å². The summed E-state index contributed by atoms with van der Waals surface area (Å²) < 4.78 is 25.6. The molecule has 0 aliphatic carbocycles. The third-order valence-electron chi connectivity index (χ3n) is 6.30. The molecule has 32 heavy (non-hydrogen) atoms. The highest BCUT2D eigenvalue weighted by molar-refractivity contribution is 7.92. The normalized spacial score (nSPS) is 19.0. The highest BCUT2D eigenvalue weighted by Gasteiger charge is 2.34. The van der Waals surface area contributed by atoms with Crippen LogP contribution >= 0.6 is 0 Å². The SMILES string of the molecule is CC1Cc2cc(C(=O)N3CCC(C(=O)NCc4ccccc4)CC3)ccc2N1S(C)(=O)=O. The lowest BCUT2D eigenvalue weighted by Crippen LogP contribution is -2.43. The zero-order chi connectivity index (χ0) is 22.9. The maximum atomic E-state index is 13.0. The van der Waals surface area contributed by atoms with Crippen molar-refractivity contribution in [3.05, 3.63) is 65.2 Å². The lowest BCUT2D eigenvalue weighted by molar-refractivity contribution is -0.126. The van der Waals surface area contributed by atoms with E-state index in [9.17, 15) is 18.0 Å². The number of benzene rings is 2. The highest BCUT2D eigenvalue weighted by Crippen LogP contribution is 2.35. The fourth-order valence-corrected chi connectivity index (χ4v) is 5.96. The van der Waals surface area contributed by atoms with Crippen LogP contribution < -0.4 is 9.62 Å².